The van der Waals surface area contributed by atoms with E-state index in [2.05, 4.69) is 26.1 Å². The molecule has 1 N–H and O–H groups in total. The number of piperidine rings is 1. The van der Waals surface area contributed by atoms with Crippen molar-refractivity contribution in [3.63, 3.8) is 0 Å². The van der Waals surface area contributed by atoms with E-state index >= 15 is 0 Å². The Hall–Kier alpha value is -1.90. The summed E-state index contributed by atoms with van der Waals surface area (Å²) >= 11 is 3.37. The number of halogens is 1. The summed E-state index contributed by atoms with van der Waals surface area (Å²) in [4.78, 5) is 15.3. The molecule has 2 aromatic carbocycles. The molecule has 28 heavy (non-hydrogen) atoms. The van der Waals surface area contributed by atoms with Crippen molar-refractivity contribution in [3.05, 3.63) is 52.5 Å². The molecule has 150 valence electrons. The number of carbonyl (C=O) groups is 1. The molecule has 1 aliphatic rings. The molecule has 1 saturated heterocycles. The van der Waals surface area contributed by atoms with Gasteiger partial charge in [-0.1, -0.05) is 15.9 Å². The van der Waals surface area contributed by atoms with E-state index in [1.807, 2.05) is 12.1 Å². The number of rotatable bonds is 5. The lowest BCUT2D eigenvalue weighted by Crippen LogP contribution is -2.32. The lowest BCUT2D eigenvalue weighted by Gasteiger charge is -2.30. The van der Waals surface area contributed by atoms with Crippen molar-refractivity contribution in [2.45, 2.75) is 24.2 Å². The summed E-state index contributed by atoms with van der Waals surface area (Å²) in [6, 6.07) is 12.1. The van der Waals surface area contributed by atoms with Crippen molar-refractivity contribution in [3.8, 4) is 0 Å². The van der Waals surface area contributed by atoms with Crippen molar-refractivity contribution < 1.29 is 13.2 Å². The van der Waals surface area contributed by atoms with E-state index in [-0.39, 0.29) is 10.8 Å². The normalized spacial score (nSPS) is 14.9. The lowest BCUT2D eigenvalue weighted by molar-refractivity contribution is 0.102. The van der Waals surface area contributed by atoms with Gasteiger partial charge in [-0.2, -0.15) is 0 Å². The fourth-order valence-corrected chi connectivity index (χ4v) is 4.40. The Bertz CT molecular complexity index is 953. The summed E-state index contributed by atoms with van der Waals surface area (Å²) in [5.74, 6) is -0.321. The zero-order valence-electron chi connectivity index (χ0n) is 16.0. The van der Waals surface area contributed by atoms with Gasteiger partial charge in [0, 0.05) is 43.0 Å². The molecule has 0 aliphatic carbocycles. The quantitative estimate of drug-likeness (QED) is 0.725. The zero-order valence-corrected chi connectivity index (χ0v) is 18.4. The number of nitrogens with one attached hydrogen (secondary N) is 1. The van der Waals surface area contributed by atoms with Gasteiger partial charge in [-0.25, -0.2) is 12.7 Å². The number of benzene rings is 2. The van der Waals surface area contributed by atoms with Crippen LogP contribution in [0.4, 0.5) is 11.4 Å². The first-order valence-corrected chi connectivity index (χ1v) is 11.4. The topological polar surface area (TPSA) is 69.7 Å². The monoisotopic (exact) mass is 465 g/mol. The third kappa shape index (κ3) is 4.56. The second-order valence-electron chi connectivity index (χ2n) is 6.98. The minimum atomic E-state index is -3.63. The van der Waals surface area contributed by atoms with Gasteiger partial charge in [0.25, 0.3) is 5.91 Å². The highest BCUT2D eigenvalue weighted by Crippen LogP contribution is 2.28. The molecular weight excluding hydrogens is 442 g/mol. The number of amides is 1. The van der Waals surface area contributed by atoms with Gasteiger partial charge in [0.2, 0.25) is 10.0 Å². The van der Waals surface area contributed by atoms with Crippen LogP contribution in [0.3, 0.4) is 0 Å². The highest BCUT2D eigenvalue weighted by molar-refractivity contribution is 9.10. The van der Waals surface area contributed by atoms with E-state index in [9.17, 15) is 13.2 Å². The van der Waals surface area contributed by atoms with Crippen LogP contribution in [0.5, 0.6) is 0 Å². The second-order valence-corrected chi connectivity index (χ2v) is 10.0. The first-order valence-electron chi connectivity index (χ1n) is 9.17. The average molecular weight is 466 g/mol. The maximum absolute atomic E-state index is 13.1. The highest BCUT2D eigenvalue weighted by Gasteiger charge is 2.24. The zero-order chi connectivity index (χ0) is 20.3. The van der Waals surface area contributed by atoms with Crippen LogP contribution in [0.25, 0.3) is 0 Å². The summed E-state index contributed by atoms with van der Waals surface area (Å²) in [5, 5.41) is 2.88. The van der Waals surface area contributed by atoms with Crippen molar-refractivity contribution in [1.82, 2.24) is 4.31 Å². The van der Waals surface area contributed by atoms with Crippen LogP contribution in [-0.2, 0) is 10.0 Å². The molecule has 1 heterocycles. The number of sulfonamides is 1. The van der Waals surface area contributed by atoms with Crippen molar-refractivity contribution in [2.75, 3.05) is 37.4 Å². The smallest absolute Gasteiger partial charge is 0.257 e. The molecule has 0 bridgehead atoms. The van der Waals surface area contributed by atoms with Crippen LogP contribution in [0.15, 0.2) is 51.8 Å². The Labute approximate surface area is 174 Å². The molecule has 6 nitrogen and oxygen atoms in total. The highest BCUT2D eigenvalue weighted by atomic mass is 79.9. The van der Waals surface area contributed by atoms with E-state index < -0.39 is 10.0 Å². The first-order chi connectivity index (χ1) is 13.3. The Morgan fingerprint density at radius 2 is 1.68 bits per heavy atom. The summed E-state index contributed by atoms with van der Waals surface area (Å²) in [5.41, 5.74) is 1.79. The number of hydrogen-bond donors (Lipinski definition) is 1. The maximum Gasteiger partial charge on any atom is 0.257 e. The molecule has 0 atom stereocenters. The van der Waals surface area contributed by atoms with Gasteiger partial charge in [-0.3, -0.25) is 4.79 Å². The van der Waals surface area contributed by atoms with Crippen molar-refractivity contribution in [2.24, 2.45) is 0 Å². The predicted molar refractivity (Wildman–Crippen MR) is 115 cm³/mol. The number of anilines is 2. The van der Waals surface area contributed by atoms with E-state index in [0.717, 1.165) is 40.4 Å². The molecule has 1 aliphatic heterocycles. The molecule has 1 amide bonds. The van der Waals surface area contributed by atoms with Gasteiger partial charge < -0.3 is 10.2 Å². The second kappa shape index (κ2) is 8.63. The van der Waals surface area contributed by atoms with Crippen LogP contribution in [0, 0.1) is 0 Å². The maximum atomic E-state index is 13.1. The summed E-state index contributed by atoms with van der Waals surface area (Å²) in [6.45, 7) is 1.72. The molecule has 0 spiro atoms. The summed E-state index contributed by atoms with van der Waals surface area (Å²) < 4.78 is 27.2. The minimum Gasteiger partial charge on any atom is -0.371 e. The summed E-state index contributed by atoms with van der Waals surface area (Å²) in [6.07, 6.45) is 3.29. The Morgan fingerprint density at radius 3 is 2.29 bits per heavy atom. The Kier molecular flexibility index (Phi) is 6.42. The lowest BCUT2D eigenvalue weighted by atomic mass is 10.1. The molecular formula is C20H24BrN3O3S. The average Bonchev–Trinajstić information content (AvgIpc) is 2.69. The number of carbonyl (C=O) groups excluding carboxylic acids is 1. The van der Waals surface area contributed by atoms with Crippen molar-refractivity contribution >= 4 is 43.2 Å². The number of hydrogen-bond acceptors (Lipinski definition) is 4. The van der Waals surface area contributed by atoms with Gasteiger partial charge in [0.15, 0.2) is 0 Å². The van der Waals surface area contributed by atoms with Crippen LogP contribution in [0.1, 0.15) is 29.6 Å². The predicted octanol–water partition coefficient (Wildman–Crippen LogP) is 3.94. The van der Waals surface area contributed by atoms with Gasteiger partial charge >= 0.3 is 0 Å². The van der Waals surface area contributed by atoms with Gasteiger partial charge in [0.05, 0.1) is 10.5 Å². The van der Waals surface area contributed by atoms with E-state index in [4.69, 9.17) is 0 Å². The largest absolute Gasteiger partial charge is 0.371 e. The molecule has 0 saturated carbocycles. The standard InChI is InChI=1S/C20H24BrN3O3S/c1-23(2)28(26,27)17-10-11-19(24-12-4-3-5-13-24)18(14-17)20(25)22-16-8-6-15(21)7-9-16/h6-11,14H,3-5,12-13H2,1-2H3,(H,22,25). The third-order valence-corrected chi connectivity index (χ3v) is 7.13. The van der Waals surface area contributed by atoms with Gasteiger partial charge in [-0.05, 0) is 61.7 Å². The molecule has 0 radical (unpaired) electrons. The Balaban J connectivity index is 2.00. The molecule has 0 unspecified atom stereocenters. The van der Waals surface area contributed by atoms with Gasteiger partial charge in [-0.15, -0.1) is 0 Å². The van der Waals surface area contributed by atoms with E-state index in [0.29, 0.717) is 11.3 Å². The minimum absolute atomic E-state index is 0.110. The molecule has 0 aromatic heterocycles. The molecule has 1 fully saturated rings. The first kappa shape index (κ1) is 20.8. The Morgan fingerprint density at radius 1 is 1.04 bits per heavy atom. The van der Waals surface area contributed by atoms with E-state index in [1.165, 1.54) is 26.6 Å². The third-order valence-electron chi connectivity index (χ3n) is 4.79. The van der Waals surface area contributed by atoms with Crippen LogP contribution in [-0.4, -0.2) is 45.8 Å². The van der Waals surface area contributed by atoms with Gasteiger partial charge in [0.1, 0.15) is 0 Å². The summed E-state index contributed by atoms with van der Waals surface area (Å²) in [7, 11) is -0.667. The SMILES string of the molecule is CN(C)S(=O)(=O)c1ccc(N2CCCCC2)c(C(=O)Nc2ccc(Br)cc2)c1. The number of nitrogens with zero attached hydrogens (tertiary/aromatic N) is 2. The van der Waals surface area contributed by atoms with Crippen molar-refractivity contribution in [1.29, 1.82) is 0 Å². The molecule has 3 rings (SSSR count). The van der Waals surface area contributed by atoms with Crippen LogP contribution < -0.4 is 10.2 Å². The molecule has 8 heteroatoms. The van der Waals surface area contributed by atoms with E-state index in [1.54, 1.807) is 24.3 Å². The fourth-order valence-electron chi connectivity index (χ4n) is 3.21. The molecule has 2 aromatic rings. The van der Waals surface area contributed by atoms with Crippen LogP contribution in [0.2, 0.25) is 0 Å². The fraction of sp³-hybridized carbons (Fsp3) is 0.350. The van der Waals surface area contributed by atoms with Crippen LogP contribution >= 0.6 is 15.9 Å².